The molecule has 4 bridgehead atoms. The number of rotatable bonds is 14. The molecule has 65 heavy (non-hydrogen) atoms. The lowest BCUT2D eigenvalue weighted by atomic mass is 9.71. The molecule has 10 nitrogen and oxygen atoms in total. The average molecular weight is 866 g/mol. The molecule has 6 aliphatic heterocycles. The Kier molecular flexibility index (Phi) is 11.0. The molecular weight excluding hydrogens is 809 g/mol. The third-order valence-corrected chi connectivity index (χ3v) is 15.5. The van der Waals surface area contributed by atoms with Crippen molar-refractivity contribution in [3.63, 3.8) is 0 Å². The first kappa shape index (κ1) is 41.4. The van der Waals surface area contributed by atoms with Gasteiger partial charge in [0.1, 0.15) is 30.2 Å². The second-order valence-corrected chi connectivity index (χ2v) is 18.8. The van der Waals surface area contributed by atoms with Gasteiger partial charge in [0.2, 0.25) is 11.8 Å². The number of nitrogens with zero attached hydrogens (tertiary/aromatic N) is 6. The van der Waals surface area contributed by atoms with E-state index in [1.165, 1.54) is 5.56 Å². The molecular formula is C55H57N6O4+. The molecule has 0 N–H and O–H groups in total. The summed E-state index contributed by atoms with van der Waals surface area (Å²) in [6, 6.07) is 35.8. The molecule has 0 aliphatic carbocycles. The van der Waals surface area contributed by atoms with Crippen LogP contribution >= 0.6 is 0 Å². The topological polar surface area (TPSA) is 91.7 Å². The van der Waals surface area contributed by atoms with Crippen LogP contribution in [0.2, 0.25) is 0 Å². The van der Waals surface area contributed by atoms with Crippen molar-refractivity contribution in [2.24, 2.45) is 23.7 Å². The number of fused-ring (bicyclic) bond motifs is 9. The van der Waals surface area contributed by atoms with Crippen LogP contribution in [0.15, 0.2) is 141 Å². The van der Waals surface area contributed by atoms with Gasteiger partial charge < -0.3 is 23.4 Å². The van der Waals surface area contributed by atoms with E-state index in [2.05, 4.69) is 96.9 Å². The van der Waals surface area contributed by atoms with Crippen molar-refractivity contribution in [2.45, 2.75) is 56.5 Å². The SMILES string of the molecule is C=C[C@H]1CN2CC[C@H]1C[C@@H]2[C@H](Oc1nnc(O[C@H](c2ccnc3ccc(OC)cc23)[C@@H]2C[C@@H]3CC[N+]2(Cc2ccccc2)C[C@@H]3C=C)c2ccccc12)c1ccnc2ccc(OC)cc12. The van der Waals surface area contributed by atoms with Crippen LogP contribution in [0.4, 0.5) is 0 Å². The fourth-order valence-corrected chi connectivity index (χ4v) is 12.2. The smallest absolute Gasteiger partial charge is 0.242 e. The summed E-state index contributed by atoms with van der Waals surface area (Å²) in [6.07, 6.45) is 11.7. The number of pyridine rings is 2. The zero-order valence-corrected chi connectivity index (χ0v) is 37.3. The first-order valence-electron chi connectivity index (χ1n) is 23.3. The van der Waals surface area contributed by atoms with Gasteiger partial charge in [0.15, 0.2) is 6.10 Å². The summed E-state index contributed by atoms with van der Waals surface area (Å²) in [4.78, 5) is 12.2. The van der Waals surface area contributed by atoms with E-state index in [1.54, 1.807) is 14.2 Å². The maximum Gasteiger partial charge on any atom is 0.242 e. The van der Waals surface area contributed by atoms with E-state index in [0.29, 0.717) is 35.4 Å². The molecule has 10 heteroatoms. The van der Waals surface area contributed by atoms with Crippen LogP contribution in [0, 0.1) is 23.7 Å². The lowest BCUT2D eigenvalue weighted by molar-refractivity contribution is -0.984. The summed E-state index contributed by atoms with van der Waals surface area (Å²) < 4.78 is 27.3. The molecule has 4 aromatic carbocycles. The molecule has 0 amide bonds. The third-order valence-electron chi connectivity index (χ3n) is 15.5. The van der Waals surface area contributed by atoms with Gasteiger partial charge in [-0.1, -0.05) is 54.6 Å². The normalized spacial score (nSPS) is 26.7. The van der Waals surface area contributed by atoms with E-state index in [1.807, 2.05) is 48.8 Å². The summed E-state index contributed by atoms with van der Waals surface area (Å²) in [7, 11) is 3.42. The Balaban J connectivity index is 1.03. The minimum atomic E-state index is -0.385. The molecule has 3 aromatic heterocycles. The van der Waals surface area contributed by atoms with Crippen LogP contribution in [-0.2, 0) is 6.54 Å². The van der Waals surface area contributed by atoms with Gasteiger partial charge in [-0.15, -0.1) is 23.4 Å². The molecule has 6 aliphatic rings. The summed E-state index contributed by atoms with van der Waals surface area (Å²) in [6.45, 7) is 13.5. The Morgan fingerprint density at radius 2 is 1.28 bits per heavy atom. The van der Waals surface area contributed by atoms with Crippen LogP contribution in [0.3, 0.4) is 0 Å². The molecule has 330 valence electrons. The van der Waals surface area contributed by atoms with E-state index in [4.69, 9.17) is 39.1 Å². The van der Waals surface area contributed by atoms with Gasteiger partial charge in [-0.25, -0.2) is 0 Å². The highest BCUT2D eigenvalue weighted by molar-refractivity contribution is 5.91. The number of hydrogen-bond acceptors (Lipinski definition) is 9. The highest BCUT2D eigenvalue weighted by Gasteiger charge is 2.55. The number of quaternary nitrogens is 1. The van der Waals surface area contributed by atoms with E-state index in [0.717, 1.165) is 118 Å². The van der Waals surface area contributed by atoms with Crippen molar-refractivity contribution in [1.29, 1.82) is 0 Å². The number of methoxy groups -OCH3 is 2. The maximum atomic E-state index is 7.55. The van der Waals surface area contributed by atoms with E-state index in [-0.39, 0.29) is 24.3 Å². The zero-order chi connectivity index (χ0) is 44.1. The Bertz CT molecular complexity index is 2890. The standard InChI is InChI=1S/C55H57N6O4/c1-5-36-32-60-26-22-38(36)28-50(60)52(42-20-24-56-48-18-16-40(62-3)30-46(42)48)64-54-44-14-10-11-15-45(44)55(59-58-54)65-53(43-21-25-57-49-19-17-41(63-4)31-47(43)49)51-29-39-23-27-61(51,34-37(39)6-2)33-35-12-8-7-9-13-35/h5-21,24-25,30-31,36-39,50-53H,1-2,22-23,26-29,32-34H2,3-4H3/q+1/t36-,37-,38-,39-,50+,51-,52+,53+,61?/m0/s1. The van der Waals surface area contributed by atoms with Crippen molar-refractivity contribution in [3.05, 3.63) is 158 Å². The minimum Gasteiger partial charge on any atom is -0.497 e. The molecule has 9 heterocycles. The Morgan fingerprint density at radius 3 is 1.88 bits per heavy atom. The third kappa shape index (κ3) is 7.46. The van der Waals surface area contributed by atoms with Gasteiger partial charge in [-0.2, -0.15) is 0 Å². The van der Waals surface area contributed by atoms with Crippen molar-refractivity contribution in [2.75, 3.05) is 40.4 Å². The number of aromatic nitrogens is 4. The number of piperidine rings is 6. The molecule has 7 aromatic rings. The van der Waals surface area contributed by atoms with Gasteiger partial charge in [0.05, 0.1) is 55.2 Å². The monoisotopic (exact) mass is 865 g/mol. The van der Waals surface area contributed by atoms with Gasteiger partial charge in [-0.3, -0.25) is 14.9 Å². The molecule has 0 radical (unpaired) electrons. The number of benzene rings is 4. The molecule has 0 saturated carbocycles. The summed E-state index contributed by atoms with van der Waals surface area (Å²) in [5.41, 5.74) is 5.23. The summed E-state index contributed by atoms with van der Waals surface area (Å²) in [5, 5.41) is 13.7. The predicted molar refractivity (Wildman–Crippen MR) is 255 cm³/mol. The van der Waals surface area contributed by atoms with Crippen LogP contribution < -0.4 is 18.9 Å². The largest absolute Gasteiger partial charge is 0.497 e. The van der Waals surface area contributed by atoms with Gasteiger partial charge in [0, 0.05) is 65.2 Å². The number of hydrogen-bond donors (Lipinski definition) is 0. The Morgan fingerprint density at radius 1 is 0.677 bits per heavy atom. The number of ether oxygens (including phenoxy) is 4. The van der Waals surface area contributed by atoms with Crippen LogP contribution in [-0.4, -0.2) is 82.0 Å². The van der Waals surface area contributed by atoms with Crippen molar-refractivity contribution in [1.82, 2.24) is 25.1 Å². The lowest BCUT2D eigenvalue weighted by Crippen LogP contribution is -2.68. The van der Waals surface area contributed by atoms with Crippen molar-refractivity contribution in [3.8, 4) is 23.3 Å². The molecule has 10 atom stereocenters. The first-order valence-corrected chi connectivity index (χ1v) is 23.3. The van der Waals surface area contributed by atoms with Crippen LogP contribution in [0.5, 0.6) is 23.3 Å². The fourth-order valence-electron chi connectivity index (χ4n) is 12.2. The molecule has 2 unspecified atom stereocenters. The molecule has 6 saturated heterocycles. The second kappa shape index (κ2) is 17.2. The van der Waals surface area contributed by atoms with Gasteiger partial charge in [-0.05, 0) is 97.8 Å². The van der Waals surface area contributed by atoms with E-state index < -0.39 is 0 Å². The average Bonchev–Trinajstić information content (AvgIpc) is 3.37. The maximum absolute atomic E-state index is 7.55. The second-order valence-electron chi connectivity index (χ2n) is 18.8. The Hall–Kier alpha value is -6.36. The lowest BCUT2D eigenvalue weighted by Gasteiger charge is -2.58. The Labute approximate surface area is 381 Å². The van der Waals surface area contributed by atoms with Crippen LogP contribution in [0.1, 0.15) is 54.6 Å². The van der Waals surface area contributed by atoms with Crippen molar-refractivity contribution < 1.29 is 23.4 Å². The minimum absolute atomic E-state index is 0.106. The van der Waals surface area contributed by atoms with Crippen molar-refractivity contribution >= 4 is 32.6 Å². The summed E-state index contributed by atoms with van der Waals surface area (Å²) >= 11 is 0. The first-order chi connectivity index (χ1) is 31.9. The quantitative estimate of drug-likeness (QED) is 0.0783. The fraction of sp³-hybridized carbons (Fsp3) is 0.345. The molecule has 6 fully saturated rings. The predicted octanol–water partition coefficient (Wildman–Crippen LogP) is 10.5. The van der Waals surface area contributed by atoms with E-state index >= 15 is 0 Å². The zero-order valence-electron chi connectivity index (χ0n) is 37.3. The highest BCUT2D eigenvalue weighted by atomic mass is 16.5. The highest BCUT2D eigenvalue weighted by Crippen LogP contribution is 2.50. The van der Waals surface area contributed by atoms with E-state index in [9.17, 15) is 0 Å². The summed E-state index contributed by atoms with van der Waals surface area (Å²) in [5.74, 6) is 4.46. The molecule has 13 rings (SSSR count). The van der Waals surface area contributed by atoms with Gasteiger partial charge >= 0.3 is 0 Å². The molecule has 0 spiro atoms. The van der Waals surface area contributed by atoms with Gasteiger partial charge in [0.25, 0.3) is 0 Å². The van der Waals surface area contributed by atoms with Crippen LogP contribution in [0.25, 0.3) is 32.6 Å².